The van der Waals surface area contributed by atoms with Gasteiger partial charge in [0.05, 0.1) is 16.6 Å². The van der Waals surface area contributed by atoms with Crippen molar-refractivity contribution in [3.05, 3.63) is 33.9 Å². The van der Waals surface area contributed by atoms with Crippen LogP contribution in [0, 0.1) is 0 Å². The van der Waals surface area contributed by atoms with Crippen molar-refractivity contribution in [2.75, 3.05) is 7.05 Å². The lowest BCUT2D eigenvalue weighted by atomic mass is 10.1. The number of H-pyrrole nitrogens is 1. The molecule has 1 atom stereocenters. The Morgan fingerprint density at radius 1 is 1.38 bits per heavy atom. The van der Waals surface area contributed by atoms with E-state index in [4.69, 9.17) is 23.2 Å². The molecule has 0 aliphatic carbocycles. The Kier molecular flexibility index (Phi) is 3.13. The molecule has 2 N–H and O–H groups in total. The first-order valence-corrected chi connectivity index (χ1v) is 5.64. The number of hydrogen-bond acceptors (Lipinski definition) is 2. The van der Waals surface area contributed by atoms with Crippen LogP contribution in [0.5, 0.6) is 0 Å². The maximum absolute atomic E-state index is 9.44. The molecule has 0 fully saturated rings. The van der Waals surface area contributed by atoms with E-state index in [1.165, 1.54) is 0 Å². The Balaban J connectivity index is 2.64. The van der Waals surface area contributed by atoms with Gasteiger partial charge in [-0.1, -0.05) is 23.2 Å². The minimum Gasteiger partial charge on any atom is -0.360 e. The van der Waals surface area contributed by atoms with Gasteiger partial charge >= 0.3 is 0 Å². The lowest BCUT2D eigenvalue weighted by Crippen LogP contribution is -2.17. The predicted molar refractivity (Wildman–Crippen MR) is 66.3 cm³/mol. The van der Waals surface area contributed by atoms with E-state index in [1.54, 1.807) is 13.1 Å². The number of aromatic amines is 1. The van der Waals surface area contributed by atoms with Crippen LogP contribution in [0.2, 0.25) is 10.0 Å². The molecule has 1 unspecified atom stereocenters. The number of nitrogens with zero attached hydrogens (tertiary/aromatic N) is 1. The van der Waals surface area contributed by atoms with Crippen LogP contribution < -0.4 is 0 Å². The molecule has 16 heavy (non-hydrogen) atoms. The van der Waals surface area contributed by atoms with E-state index >= 15 is 0 Å². The van der Waals surface area contributed by atoms with Gasteiger partial charge in [-0.25, -0.2) is 0 Å². The van der Waals surface area contributed by atoms with Crippen LogP contribution >= 0.6 is 23.2 Å². The zero-order chi connectivity index (χ0) is 11.9. The monoisotopic (exact) mass is 258 g/mol. The second kappa shape index (κ2) is 4.26. The molecule has 2 rings (SSSR count). The summed E-state index contributed by atoms with van der Waals surface area (Å²) in [7, 11) is 1.61. The number of hydroxylamine groups is 2. The summed E-state index contributed by atoms with van der Waals surface area (Å²) in [5.74, 6) is 0. The first kappa shape index (κ1) is 11.7. The van der Waals surface area contributed by atoms with Gasteiger partial charge in [-0.15, -0.1) is 0 Å². The highest BCUT2D eigenvalue weighted by Crippen LogP contribution is 2.33. The van der Waals surface area contributed by atoms with Crippen LogP contribution in [-0.4, -0.2) is 22.3 Å². The Morgan fingerprint density at radius 3 is 2.69 bits per heavy atom. The van der Waals surface area contributed by atoms with Gasteiger partial charge in [0.25, 0.3) is 0 Å². The van der Waals surface area contributed by atoms with Crippen molar-refractivity contribution in [3.8, 4) is 0 Å². The van der Waals surface area contributed by atoms with Crippen molar-refractivity contribution < 1.29 is 5.21 Å². The summed E-state index contributed by atoms with van der Waals surface area (Å²) in [4.78, 5) is 3.09. The molecular weight excluding hydrogens is 247 g/mol. The number of fused-ring (bicyclic) bond motifs is 1. The molecule has 0 radical (unpaired) electrons. The highest BCUT2D eigenvalue weighted by atomic mass is 35.5. The third-order valence-corrected chi connectivity index (χ3v) is 3.26. The molecule has 1 aromatic carbocycles. The molecule has 2 aromatic rings. The molecule has 86 valence electrons. The van der Waals surface area contributed by atoms with Crippen molar-refractivity contribution in [1.29, 1.82) is 0 Å². The lowest BCUT2D eigenvalue weighted by Gasteiger charge is -2.17. The molecule has 0 saturated carbocycles. The number of aromatic nitrogens is 1. The van der Waals surface area contributed by atoms with E-state index in [0.29, 0.717) is 10.0 Å². The largest absolute Gasteiger partial charge is 0.360 e. The Morgan fingerprint density at radius 2 is 2.06 bits per heavy atom. The zero-order valence-electron chi connectivity index (χ0n) is 8.96. The first-order valence-electron chi connectivity index (χ1n) is 4.88. The van der Waals surface area contributed by atoms with E-state index in [1.807, 2.05) is 19.2 Å². The van der Waals surface area contributed by atoms with Crippen LogP contribution in [0.1, 0.15) is 18.5 Å². The van der Waals surface area contributed by atoms with Crippen LogP contribution in [-0.2, 0) is 0 Å². The summed E-state index contributed by atoms with van der Waals surface area (Å²) >= 11 is 12.0. The van der Waals surface area contributed by atoms with Crippen molar-refractivity contribution in [3.63, 3.8) is 0 Å². The molecule has 5 heteroatoms. The number of rotatable bonds is 2. The van der Waals surface area contributed by atoms with Crippen LogP contribution in [0.4, 0.5) is 0 Å². The highest BCUT2D eigenvalue weighted by molar-refractivity contribution is 6.38. The number of halogens is 2. The van der Waals surface area contributed by atoms with Gasteiger partial charge in [0.1, 0.15) is 0 Å². The van der Waals surface area contributed by atoms with Gasteiger partial charge < -0.3 is 10.2 Å². The molecule has 0 amide bonds. The lowest BCUT2D eigenvalue weighted by molar-refractivity contribution is -0.0980. The second-order valence-electron chi connectivity index (χ2n) is 3.80. The summed E-state index contributed by atoms with van der Waals surface area (Å²) in [6, 6.07) is 3.41. The molecule has 0 aliphatic heterocycles. The predicted octanol–water partition coefficient (Wildman–Crippen LogP) is 3.86. The van der Waals surface area contributed by atoms with Gasteiger partial charge in [0.15, 0.2) is 0 Å². The zero-order valence-corrected chi connectivity index (χ0v) is 10.5. The molecule has 3 nitrogen and oxygen atoms in total. The molecule has 0 aliphatic rings. The molecular formula is C11H12Cl2N2O. The number of hydrogen-bond donors (Lipinski definition) is 2. The molecule has 0 bridgehead atoms. The van der Waals surface area contributed by atoms with E-state index in [9.17, 15) is 5.21 Å². The summed E-state index contributed by atoms with van der Waals surface area (Å²) < 4.78 is 0. The Bertz CT molecular complexity index is 522. The second-order valence-corrected chi connectivity index (χ2v) is 4.65. The minimum absolute atomic E-state index is 0.122. The van der Waals surface area contributed by atoms with Crippen LogP contribution in [0.3, 0.4) is 0 Å². The molecule has 1 aromatic heterocycles. The minimum atomic E-state index is -0.122. The molecule has 0 spiro atoms. The fraction of sp³-hybridized carbons (Fsp3) is 0.273. The quantitative estimate of drug-likeness (QED) is 0.804. The first-order chi connectivity index (χ1) is 7.50. The highest BCUT2D eigenvalue weighted by Gasteiger charge is 2.16. The van der Waals surface area contributed by atoms with E-state index in [2.05, 4.69) is 4.98 Å². The Labute approximate surface area is 104 Å². The van der Waals surface area contributed by atoms with Crippen molar-refractivity contribution in [1.82, 2.24) is 10.0 Å². The smallest absolute Gasteiger partial charge is 0.0661 e. The third-order valence-electron chi connectivity index (χ3n) is 2.75. The van der Waals surface area contributed by atoms with Crippen molar-refractivity contribution in [2.24, 2.45) is 0 Å². The van der Waals surface area contributed by atoms with E-state index in [-0.39, 0.29) is 6.04 Å². The van der Waals surface area contributed by atoms with Gasteiger partial charge in [0, 0.05) is 23.7 Å². The Hall–Kier alpha value is -0.740. The maximum Gasteiger partial charge on any atom is 0.0661 e. The molecule has 0 saturated heterocycles. The third kappa shape index (κ3) is 1.92. The maximum atomic E-state index is 9.44. The summed E-state index contributed by atoms with van der Waals surface area (Å²) in [5, 5.41) is 12.7. The average Bonchev–Trinajstić information content (AvgIpc) is 2.60. The molecule has 1 heterocycles. The number of nitrogens with one attached hydrogen (secondary N) is 1. The van der Waals surface area contributed by atoms with Crippen molar-refractivity contribution in [2.45, 2.75) is 13.0 Å². The fourth-order valence-corrected chi connectivity index (χ4v) is 2.27. The van der Waals surface area contributed by atoms with Gasteiger partial charge in [-0.3, -0.25) is 0 Å². The van der Waals surface area contributed by atoms with E-state index < -0.39 is 0 Å². The summed E-state index contributed by atoms with van der Waals surface area (Å²) in [6.45, 7) is 1.90. The normalized spacial score (nSPS) is 13.6. The van der Waals surface area contributed by atoms with Gasteiger partial charge in [0.2, 0.25) is 0 Å². The number of benzene rings is 1. The van der Waals surface area contributed by atoms with Gasteiger partial charge in [-0.05, 0) is 24.6 Å². The van der Waals surface area contributed by atoms with Gasteiger partial charge in [-0.2, -0.15) is 5.06 Å². The SMILES string of the molecule is CC(c1c[nH]c2c(Cl)cc(Cl)cc12)N(C)O. The topological polar surface area (TPSA) is 39.3 Å². The van der Waals surface area contributed by atoms with Crippen LogP contribution in [0.15, 0.2) is 18.3 Å². The standard InChI is InChI=1S/C11H12Cl2N2O/c1-6(15(2)16)9-5-14-11-8(9)3-7(12)4-10(11)13/h3-6,14,16H,1-2H3. The van der Waals surface area contributed by atoms with Crippen LogP contribution in [0.25, 0.3) is 10.9 Å². The summed E-state index contributed by atoms with van der Waals surface area (Å²) in [6.07, 6.45) is 1.84. The fourth-order valence-electron chi connectivity index (χ4n) is 1.72. The summed E-state index contributed by atoms with van der Waals surface area (Å²) in [5.41, 5.74) is 1.80. The van der Waals surface area contributed by atoms with E-state index in [0.717, 1.165) is 21.5 Å². The average molecular weight is 259 g/mol. The van der Waals surface area contributed by atoms with Crippen molar-refractivity contribution >= 4 is 34.1 Å².